The lowest BCUT2D eigenvalue weighted by atomic mass is 10.0. The molecule has 2 aliphatic rings. The molecule has 0 aliphatic carbocycles. The maximum Gasteiger partial charge on any atom is 0.252 e. The largest absolute Gasteiger partial charge is 0.365 e. The maximum atomic E-state index is 11.8. The number of allylic oxidation sites excluding steroid dienone is 2. The average molecular weight is 414 g/mol. The molecule has 2 atom stereocenters. The van der Waals surface area contributed by atoms with E-state index in [0.717, 1.165) is 23.1 Å². The van der Waals surface area contributed by atoms with Crippen LogP contribution in [0.25, 0.3) is 11.0 Å². The molecular weight excluding hydrogens is 392 g/mol. The summed E-state index contributed by atoms with van der Waals surface area (Å²) in [4.78, 5) is 16.1. The van der Waals surface area contributed by atoms with Crippen LogP contribution in [0.1, 0.15) is 34.2 Å². The molecule has 3 heterocycles. The van der Waals surface area contributed by atoms with Gasteiger partial charge >= 0.3 is 0 Å². The number of aliphatic imine (C=N–C) groups is 1. The summed E-state index contributed by atoms with van der Waals surface area (Å²) in [5, 5.41) is 15.6. The van der Waals surface area contributed by atoms with Gasteiger partial charge in [-0.25, -0.2) is 0 Å². The monoisotopic (exact) mass is 414 g/mol. The van der Waals surface area contributed by atoms with Gasteiger partial charge in [0.05, 0.1) is 23.6 Å². The number of carbonyl (C=O) groups is 1. The summed E-state index contributed by atoms with van der Waals surface area (Å²) in [5.41, 5.74) is 10.1. The molecule has 0 fully saturated rings. The molecule has 156 valence electrons. The number of rotatable bonds is 5. The van der Waals surface area contributed by atoms with Crippen molar-refractivity contribution in [2.24, 2.45) is 10.7 Å². The summed E-state index contributed by atoms with van der Waals surface area (Å²) in [6, 6.07) is 15.5. The van der Waals surface area contributed by atoms with Gasteiger partial charge in [-0.2, -0.15) is 0 Å². The van der Waals surface area contributed by atoms with E-state index < -0.39 is 5.91 Å². The number of fused-ring (bicyclic) bond motifs is 1. The van der Waals surface area contributed by atoms with Gasteiger partial charge in [0, 0.05) is 18.1 Å². The Kier molecular flexibility index (Phi) is 5.07. The van der Waals surface area contributed by atoms with E-state index >= 15 is 0 Å². The molecule has 5 rings (SSSR count). The predicted molar refractivity (Wildman–Crippen MR) is 118 cm³/mol. The second-order valence-corrected chi connectivity index (χ2v) is 7.46. The zero-order valence-corrected chi connectivity index (χ0v) is 16.7. The van der Waals surface area contributed by atoms with Crippen LogP contribution in [0, 0.1) is 0 Å². The molecule has 5 N–H and O–H groups in total. The van der Waals surface area contributed by atoms with Crippen molar-refractivity contribution in [1.29, 1.82) is 0 Å². The lowest BCUT2D eigenvalue weighted by Crippen LogP contribution is -2.53. The Bertz CT molecular complexity index is 1210. The first-order valence-electron chi connectivity index (χ1n) is 10.1. The Balaban J connectivity index is 1.48. The number of benzene rings is 2. The van der Waals surface area contributed by atoms with Crippen molar-refractivity contribution in [3.63, 3.8) is 0 Å². The highest BCUT2D eigenvalue weighted by Crippen LogP contribution is 2.29. The van der Waals surface area contributed by atoms with Gasteiger partial charge in [0.25, 0.3) is 5.91 Å². The van der Waals surface area contributed by atoms with E-state index in [2.05, 4.69) is 38.2 Å². The van der Waals surface area contributed by atoms with Crippen LogP contribution >= 0.6 is 0 Å². The number of nitrogens with one attached hydrogen (secondary N) is 3. The van der Waals surface area contributed by atoms with Gasteiger partial charge in [-0.05, 0) is 29.7 Å². The van der Waals surface area contributed by atoms with Crippen LogP contribution < -0.4 is 21.7 Å². The molecule has 2 unspecified atom stereocenters. The molecule has 2 aromatic carbocycles. The normalized spacial score (nSPS) is 20.4. The lowest BCUT2D eigenvalue weighted by Gasteiger charge is -2.35. The van der Waals surface area contributed by atoms with Gasteiger partial charge in [-0.3, -0.25) is 20.4 Å². The van der Waals surface area contributed by atoms with Crippen LogP contribution in [0.4, 0.5) is 0 Å². The van der Waals surface area contributed by atoms with E-state index in [4.69, 9.17) is 10.3 Å². The third kappa shape index (κ3) is 3.74. The quantitative estimate of drug-likeness (QED) is 0.510. The average Bonchev–Trinajstić information content (AvgIpc) is 3.08. The number of aromatic nitrogens is 1. The number of hydrogen-bond acceptors (Lipinski definition) is 7. The van der Waals surface area contributed by atoms with Crippen LogP contribution in [0.2, 0.25) is 0 Å². The highest BCUT2D eigenvalue weighted by atomic mass is 16.5. The van der Waals surface area contributed by atoms with Crippen LogP contribution in [-0.4, -0.2) is 23.4 Å². The van der Waals surface area contributed by atoms with Gasteiger partial charge in [0.2, 0.25) is 0 Å². The number of primary amides is 1. The fourth-order valence-corrected chi connectivity index (χ4v) is 3.95. The fourth-order valence-electron chi connectivity index (χ4n) is 3.95. The Morgan fingerprint density at radius 1 is 1.19 bits per heavy atom. The van der Waals surface area contributed by atoms with E-state index in [1.807, 2.05) is 36.6 Å². The number of carbonyl (C=O) groups excluding carboxylic acids is 1. The maximum absolute atomic E-state index is 11.8. The topological polar surface area (TPSA) is 118 Å². The molecule has 31 heavy (non-hydrogen) atoms. The number of nitrogens with two attached hydrogens (primary N) is 1. The zero-order chi connectivity index (χ0) is 21.2. The van der Waals surface area contributed by atoms with Crippen LogP contribution in [0.5, 0.6) is 0 Å². The molecular formula is C23H22N6O2. The molecule has 3 aromatic rings. The minimum Gasteiger partial charge on any atom is -0.365 e. The first-order valence-corrected chi connectivity index (χ1v) is 10.1. The van der Waals surface area contributed by atoms with Crippen LogP contribution in [-0.2, 0) is 6.54 Å². The molecule has 0 saturated heterocycles. The summed E-state index contributed by atoms with van der Waals surface area (Å²) < 4.78 is 5.51. The molecule has 0 radical (unpaired) electrons. The van der Waals surface area contributed by atoms with Crippen molar-refractivity contribution >= 4 is 23.1 Å². The molecule has 8 heteroatoms. The lowest BCUT2D eigenvalue weighted by molar-refractivity contribution is 0.100. The van der Waals surface area contributed by atoms with E-state index in [9.17, 15) is 4.79 Å². The van der Waals surface area contributed by atoms with Gasteiger partial charge in [-0.1, -0.05) is 47.6 Å². The Labute approximate surface area is 178 Å². The Morgan fingerprint density at radius 3 is 2.90 bits per heavy atom. The number of nitrogens with zero attached hydrogens (tertiary/aromatic N) is 2. The third-order valence-electron chi connectivity index (χ3n) is 5.48. The number of para-hydroxylation sites is 1. The van der Waals surface area contributed by atoms with Gasteiger partial charge in [0.15, 0.2) is 5.58 Å². The second-order valence-electron chi connectivity index (χ2n) is 7.46. The molecule has 0 spiro atoms. The van der Waals surface area contributed by atoms with Crippen molar-refractivity contribution < 1.29 is 9.32 Å². The molecule has 8 nitrogen and oxygen atoms in total. The van der Waals surface area contributed by atoms with Crippen LogP contribution in [0.15, 0.2) is 81.6 Å². The van der Waals surface area contributed by atoms with Gasteiger partial charge < -0.3 is 15.6 Å². The Hall–Kier alpha value is -3.75. The van der Waals surface area contributed by atoms with Crippen molar-refractivity contribution in [1.82, 2.24) is 21.1 Å². The summed E-state index contributed by atoms with van der Waals surface area (Å²) >= 11 is 0. The molecule has 1 amide bonds. The van der Waals surface area contributed by atoms with Crippen molar-refractivity contribution in [2.75, 3.05) is 0 Å². The number of hydrogen-bond donors (Lipinski definition) is 4. The van der Waals surface area contributed by atoms with Gasteiger partial charge in [0.1, 0.15) is 11.9 Å². The molecule has 0 bridgehead atoms. The predicted octanol–water partition coefficient (Wildman–Crippen LogP) is 2.48. The summed E-state index contributed by atoms with van der Waals surface area (Å²) in [7, 11) is 0. The fraction of sp³-hybridized carbons (Fsp3) is 0.174. The highest BCUT2D eigenvalue weighted by molar-refractivity contribution is 6.04. The summed E-state index contributed by atoms with van der Waals surface area (Å²) in [5.74, 6) is -0.549. The van der Waals surface area contributed by atoms with E-state index in [1.54, 1.807) is 18.3 Å². The van der Waals surface area contributed by atoms with Crippen molar-refractivity contribution in [3.8, 4) is 0 Å². The summed E-state index contributed by atoms with van der Waals surface area (Å²) in [6.07, 6.45) is 5.96. The molecule has 1 aromatic heterocycles. The first kappa shape index (κ1) is 19.2. The standard InChI is InChI=1S/C23H22N6O2/c24-21(30)17-9-4-8-16-19(29-31-20(16)17)23-27-18-13-25-11-5-10-15(18)22(28-23)26-12-14-6-2-1-3-7-14/h1-9,11,13,22-23,26-28H,10,12H2,(H2,24,30). The minimum atomic E-state index is -0.549. The zero-order valence-electron chi connectivity index (χ0n) is 16.7. The van der Waals surface area contributed by atoms with Crippen molar-refractivity contribution in [3.05, 3.63) is 88.9 Å². The third-order valence-corrected chi connectivity index (χ3v) is 5.48. The van der Waals surface area contributed by atoms with Crippen molar-refractivity contribution in [2.45, 2.75) is 25.3 Å². The highest BCUT2D eigenvalue weighted by Gasteiger charge is 2.31. The SMILES string of the molecule is NC(=O)c1cccc2c(C3NC4=C(CC=CN=C4)C(NCc4ccccc4)N3)noc12. The van der Waals surface area contributed by atoms with Crippen LogP contribution in [0.3, 0.4) is 0 Å². The molecule has 0 saturated carbocycles. The Morgan fingerprint density at radius 2 is 2.06 bits per heavy atom. The molecule has 2 aliphatic heterocycles. The summed E-state index contributed by atoms with van der Waals surface area (Å²) in [6.45, 7) is 0.703. The van der Waals surface area contributed by atoms with E-state index in [-0.39, 0.29) is 12.3 Å². The van der Waals surface area contributed by atoms with E-state index in [0.29, 0.717) is 23.4 Å². The van der Waals surface area contributed by atoms with E-state index in [1.165, 1.54) is 5.56 Å². The number of amides is 1. The second kappa shape index (κ2) is 8.17. The minimum absolute atomic E-state index is 0.110. The first-order chi connectivity index (χ1) is 15.2. The van der Waals surface area contributed by atoms with Gasteiger partial charge in [-0.15, -0.1) is 0 Å². The smallest absolute Gasteiger partial charge is 0.252 e.